The van der Waals surface area contributed by atoms with Gasteiger partial charge in [0.15, 0.2) is 0 Å². The van der Waals surface area contributed by atoms with E-state index in [1.807, 2.05) is 6.92 Å². The van der Waals surface area contributed by atoms with Crippen LogP contribution in [0.2, 0.25) is 0 Å². The maximum atomic E-state index is 11.3. The smallest absolute Gasteiger partial charge is 0.236 e. The minimum Gasteiger partial charge on any atom is -0.502 e. The summed E-state index contributed by atoms with van der Waals surface area (Å²) < 4.78 is 4.90. The van der Waals surface area contributed by atoms with E-state index < -0.39 is 0 Å². The van der Waals surface area contributed by atoms with Crippen LogP contribution < -0.4 is 11.1 Å². The molecule has 0 saturated heterocycles. The van der Waals surface area contributed by atoms with E-state index >= 15 is 0 Å². The van der Waals surface area contributed by atoms with Crippen molar-refractivity contribution >= 4 is 5.91 Å². The molecule has 14 heavy (non-hydrogen) atoms. The molecule has 0 unspecified atom stereocenters. The Bertz CT molecular complexity index is 172. The van der Waals surface area contributed by atoms with Crippen molar-refractivity contribution in [2.24, 2.45) is 5.73 Å². The third-order valence-electron chi connectivity index (χ3n) is 1.79. The molecule has 0 aromatic rings. The molecule has 0 bridgehead atoms. The average Bonchev–Trinajstić information content (AvgIpc) is 2.17. The molecule has 0 aromatic heterocycles. The van der Waals surface area contributed by atoms with Gasteiger partial charge in [0.1, 0.15) is 0 Å². The number of carbonyl (C=O) groups excluding carboxylic acids is 1. The second kappa shape index (κ2) is 8.56. The van der Waals surface area contributed by atoms with E-state index in [4.69, 9.17) is 10.5 Å². The number of ether oxygens (including phenoxy) is 1. The highest BCUT2D eigenvalue weighted by atomic mass is 16.5. The van der Waals surface area contributed by atoms with Gasteiger partial charge in [-0.15, -0.1) is 0 Å². The highest BCUT2D eigenvalue weighted by Gasteiger charge is 2.10. The standard InChI is InChI=1S/C10H20N2O2/c1-3-6-9(11)10(13)12-7-5-8-14-4-2/h4,9H,2-3,5-8,11H2,1H3,(H,12,13)/t9-/m0/s1. The van der Waals surface area contributed by atoms with E-state index in [0.717, 1.165) is 19.3 Å². The molecule has 0 spiro atoms. The monoisotopic (exact) mass is 200 g/mol. The summed E-state index contributed by atoms with van der Waals surface area (Å²) in [6, 6.07) is -0.375. The van der Waals surface area contributed by atoms with Crippen LogP contribution in [0.4, 0.5) is 0 Å². The van der Waals surface area contributed by atoms with Crippen molar-refractivity contribution in [1.82, 2.24) is 5.32 Å². The molecule has 0 aliphatic carbocycles. The predicted molar refractivity (Wildman–Crippen MR) is 56.7 cm³/mol. The van der Waals surface area contributed by atoms with Crippen LogP contribution in [0.5, 0.6) is 0 Å². The summed E-state index contributed by atoms with van der Waals surface area (Å²) in [6.45, 7) is 6.60. The van der Waals surface area contributed by atoms with E-state index in [2.05, 4.69) is 11.9 Å². The van der Waals surface area contributed by atoms with Gasteiger partial charge in [0.2, 0.25) is 5.91 Å². The molecule has 0 aliphatic heterocycles. The molecule has 3 N–H and O–H groups in total. The van der Waals surface area contributed by atoms with E-state index in [1.54, 1.807) is 0 Å². The molecule has 82 valence electrons. The van der Waals surface area contributed by atoms with Gasteiger partial charge in [0, 0.05) is 6.54 Å². The number of nitrogens with one attached hydrogen (secondary N) is 1. The van der Waals surface area contributed by atoms with E-state index in [0.29, 0.717) is 13.2 Å². The molecular formula is C10H20N2O2. The Morgan fingerprint density at radius 3 is 3.00 bits per heavy atom. The molecule has 1 atom stereocenters. The molecule has 0 saturated carbocycles. The van der Waals surface area contributed by atoms with Crippen LogP contribution in [0.1, 0.15) is 26.2 Å². The molecule has 0 aromatic carbocycles. The van der Waals surface area contributed by atoms with Crippen LogP contribution in [0.15, 0.2) is 12.8 Å². The maximum Gasteiger partial charge on any atom is 0.236 e. The molecule has 0 aliphatic rings. The van der Waals surface area contributed by atoms with Gasteiger partial charge in [-0.25, -0.2) is 0 Å². The fraction of sp³-hybridized carbons (Fsp3) is 0.700. The first kappa shape index (κ1) is 13.0. The lowest BCUT2D eigenvalue weighted by Crippen LogP contribution is -2.40. The van der Waals surface area contributed by atoms with Crippen LogP contribution in [0.25, 0.3) is 0 Å². The molecule has 0 fully saturated rings. The molecule has 0 heterocycles. The van der Waals surface area contributed by atoms with Crippen molar-refractivity contribution in [2.45, 2.75) is 32.2 Å². The van der Waals surface area contributed by atoms with Gasteiger partial charge < -0.3 is 15.8 Å². The minimum absolute atomic E-state index is 0.0783. The summed E-state index contributed by atoms with van der Waals surface area (Å²) in [4.78, 5) is 11.3. The van der Waals surface area contributed by atoms with Crippen molar-refractivity contribution in [1.29, 1.82) is 0 Å². The van der Waals surface area contributed by atoms with E-state index in [9.17, 15) is 4.79 Å². The number of hydrogen-bond acceptors (Lipinski definition) is 3. The Kier molecular flexibility index (Phi) is 7.93. The van der Waals surface area contributed by atoms with Gasteiger partial charge in [-0.1, -0.05) is 19.9 Å². The first-order chi connectivity index (χ1) is 6.72. The zero-order valence-electron chi connectivity index (χ0n) is 8.79. The van der Waals surface area contributed by atoms with Crippen molar-refractivity contribution in [3.05, 3.63) is 12.8 Å². The summed E-state index contributed by atoms with van der Waals surface area (Å²) in [7, 11) is 0. The molecular weight excluding hydrogens is 180 g/mol. The van der Waals surface area contributed by atoms with Crippen LogP contribution in [0.3, 0.4) is 0 Å². The summed E-state index contributed by atoms with van der Waals surface area (Å²) in [5, 5.41) is 2.75. The minimum atomic E-state index is -0.375. The third kappa shape index (κ3) is 6.48. The number of amides is 1. The lowest BCUT2D eigenvalue weighted by Gasteiger charge is -2.10. The number of rotatable bonds is 8. The van der Waals surface area contributed by atoms with Crippen LogP contribution in [-0.2, 0) is 9.53 Å². The maximum absolute atomic E-state index is 11.3. The fourth-order valence-corrected chi connectivity index (χ4v) is 1.02. The first-order valence-corrected chi connectivity index (χ1v) is 4.98. The number of carbonyl (C=O) groups is 1. The van der Waals surface area contributed by atoms with Gasteiger partial charge in [-0.2, -0.15) is 0 Å². The second-order valence-corrected chi connectivity index (χ2v) is 3.08. The van der Waals surface area contributed by atoms with E-state index in [-0.39, 0.29) is 11.9 Å². The zero-order chi connectivity index (χ0) is 10.8. The molecule has 4 heteroatoms. The van der Waals surface area contributed by atoms with Gasteiger partial charge in [0.25, 0.3) is 0 Å². The summed E-state index contributed by atoms with van der Waals surface area (Å²) in [5.41, 5.74) is 5.61. The quantitative estimate of drug-likeness (QED) is 0.449. The SMILES string of the molecule is C=COCCCNC(=O)[C@@H](N)CCC. The molecule has 0 radical (unpaired) electrons. The fourth-order valence-electron chi connectivity index (χ4n) is 1.02. The first-order valence-electron chi connectivity index (χ1n) is 4.98. The Morgan fingerprint density at radius 1 is 1.71 bits per heavy atom. The van der Waals surface area contributed by atoms with Gasteiger partial charge >= 0.3 is 0 Å². The lowest BCUT2D eigenvalue weighted by molar-refractivity contribution is -0.122. The molecule has 1 amide bonds. The van der Waals surface area contributed by atoms with Gasteiger partial charge in [-0.05, 0) is 12.8 Å². The second-order valence-electron chi connectivity index (χ2n) is 3.08. The number of hydrogen-bond donors (Lipinski definition) is 2. The molecule has 4 nitrogen and oxygen atoms in total. The highest BCUT2D eigenvalue weighted by Crippen LogP contribution is 1.92. The normalized spacial score (nSPS) is 11.9. The van der Waals surface area contributed by atoms with Crippen molar-refractivity contribution in [3.63, 3.8) is 0 Å². The average molecular weight is 200 g/mol. The van der Waals surface area contributed by atoms with Crippen LogP contribution in [-0.4, -0.2) is 25.1 Å². The Balaban J connectivity index is 3.38. The largest absolute Gasteiger partial charge is 0.502 e. The Labute approximate surface area is 85.5 Å². The summed E-state index contributed by atoms with van der Waals surface area (Å²) in [6.07, 6.45) is 3.82. The van der Waals surface area contributed by atoms with Gasteiger partial charge in [-0.3, -0.25) is 4.79 Å². The zero-order valence-corrected chi connectivity index (χ0v) is 8.79. The topological polar surface area (TPSA) is 64.3 Å². The van der Waals surface area contributed by atoms with Crippen molar-refractivity contribution < 1.29 is 9.53 Å². The van der Waals surface area contributed by atoms with Crippen LogP contribution >= 0.6 is 0 Å². The third-order valence-corrected chi connectivity index (χ3v) is 1.79. The summed E-state index contributed by atoms with van der Waals surface area (Å²) >= 11 is 0. The summed E-state index contributed by atoms with van der Waals surface area (Å²) in [5.74, 6) is -0.0783. The van der Waals surface area contributed by atoms with Crippen molar-refractivity contribution in [2.75, 3.05) is 13.2 Å². The highest BCUT2D eigenvalue weighted by molar-refractivity contribution is 5.81. The van der Waals surface area contributed by atoms with Crippen LogP contribution in [0, 0.1) is 0 Å². The lowest BCUT2D eigenvalue weighted by atomic mass is 10.2. The Hall–Kier alpha value is -1.03. The van der Waals surface area contributed by atoms with Gasteiger partial charge in [0.05, 0.1) is 18.9 Å². The predicted octanol–water partition coefficient (Wildman–Crippen LogP) is 0.780. The molecule has 0 rings (SSSR count). The van der Waals surface area contributed by atoms with E-state index in [1.165, 1.54) is 6.26 Å². The Morgan fingerprint density at radius 2 is 2.43 bits per heavy atom. The number of nitrogens with two attached hydrogens (primary N) is 1. The van der Waals surface area contributed by atoms with Crippen molar-refractivity contribution in [3.8, 4) is 0 Å².